The average molecular weight is 388 g/mol. The molecule has 0 radical (unpaired) electrons. The lowest BCUT2D eigenvalue weighted by atomic mass is 9.86. The molecule has 0 saturated heterocycles. The van der Waals surface area contributed by atoms with E-state index in [1.807, 2.05) is 19.2 Å². The van der Waals surface area contributed by atoms with Crippen LogP contribution in [0.15, 0.2) is 29.7 Å². The molecule has 0 bridgehead atoms. The predicted octanol–water partition coefficient (Wildman–Crippen LogP) is 2.37. The molecule has 1 fully saturated rings. The standard InChI is InChI=1S/C18H24N6O2S/c1-12-6-3-4-8-14(12)20-17(26)21-15(25)11-27-18-23-22-16(24(18)2)13-7-5-9-19-10-13/h5,7,9-10,12,14H,3-4,6,8,11H2,1-2H3,(H2,20,21,25,26). The van der Waals surface area contributed by atoms with Gasteiger partial charge in [0, 0.05) is 31.0 Å². The summed E-state index contributed by atoms with van der Waals surface area (Å²) in [6.45, 7) is 2.13. The quantitative estimate of drug-likeness (QED) is 0.763. The van der Waals surface area contributed by atoms with Crippen molar-refractivity contribution in [1.82, 2.24) is 30.4 Å². The highest BCUT2D eigenvalue weighted by atomic mass is 32.2. The number of thioether (sulfide) groups is 1. The van der Waals surface area contributed by atoms with Crippen molar-refractivity contribution in [2.24, 2.45) is 13.0 Å². The van der Waals surface area contributed by atoms with Crippen LogP contribution >= 0.6 is 11.8 Å². The normalized spacial score (nSPS) is 19.5. The SMILES string of the molecule is CC1CCCCC1NC(=O)NC(=O)CSc1nnc(-c2cccnc2)n1C. The van der Waals surface area contributed by atoms with Gasteiger partial charge in [0.05, 0.1) is 5.75 Å². The topological polar surface area (TPSA) is 102 Å². The lowest BCUT2D eigenvalue weighted by Gasteiger charge is -2.29. The van der Waals surface area contributed by atoms with Crippen molar-refractivity contribution in [1.29, 1.82) is 0 Å². The van der Waals surface area contributed by atoms with Crippen molar-refractivity contribution in [3.63, 3.8) is 0 Å². The van der Waals surface area contributed by atoms with Gasteiger partial charge in [-0.05, 0) is 30.9 Å². The lowest BCUT2D eigenvalue weighted by molar-refractivity contribution is -0.117. The Morgan fingerprint density at radius 2 is 2.11 bits per heavy atom. The first-order chi connectivity index (χ1) is 13.0. The molecule has 1 aliphatic carbocycles. The highest BCUT2D eigenvalue weighted by Crippen LogP contribution is 2.24. The number of imide groups is 1. The van der Waals surface area contributed by atoms with E-state index in [0.29, 0.717) is 16.9 Å². The molecule has 9 heteroatoms. The van der Waals surface area contributed by atoms with Crippen molar-refractivity contribution >= 4 is 23.7 Å². The minimum absolute atomic E-state index is 0.0899. The smallest absolute Gasteiger partial charge is 0.321 e. The number of hydrogen-bond donors (Lipinski definition) is 2. The summed E-state index contributed by atoms with van der Waals surface area (Å²) in [4.78, 5) is 28.2. The van der Waals surface area contributed by atoms with E-state index in [0.717, 1.165) is 24.8 Å². The summed E-state index contributed by atoms with van der Waals surface area (Å²) < 4.78 is 1.80. The Morgan fingerprint density at radius 1 is 1.30 bits per heavy atom. The van der Waals surface area contributed by atoms with Gasteiger partial charge in [0.15, 0.2) is 11.0 Å². The fourth-order valence-corrected chi connectivity index (χ4v) is 3.93. The van der Waals surface area contributed by atoms with Crippen LogP contribution in [0.1, 0.15) is 32.6 Å². The van der Waals surface area contributed by atoms with E-state index < -0.39 is 6.03 Å². The average Bonchev–Trinajstić information content (AvgIpc) is 3.03. The van der Waals surface area contributed by atoms with Crippen LogP contribution in [0, 0.1) is 5.92 Å². The minimum Gasteiger partial charge on any atom is -0.335 e. The first kappa shape index (κ1) is 19.3. The van der Waals surface area contributed by atoms with Crippen LogP contribution in [0.2, 0.25) is 0 Å². The number of hydrogen-bond acceptors (Lipinski definition) is 6. The van der Waals surface area contributed by atoms with E-state index in [1.54, 1.807) is 17.0 Å². The Hall–Kier alpha value is -2.42. The van der Waals surface area contributed by atoms with Gasteiger partial charge in [-0.2, -0.15) is 0 Å². The molecule has 3 amide bonds. The maximum Gasteiger partial charge on any atom is 0.321 e. The number of nitrogens with one attached hydrogen (secondary N) is 2. The number of aromatic nitrogens is 4. The summed E-state index contributed by atoms with van der Waals surface area (Å²) in [5.74, 6) is 0.854. The molecule has 1 saturated carbocycles. The van der Waals surface area contributed by atoms with Gasteiger partial charge in [-0.1, -0.05) is 31.5 Å². The molecule has 144 valence electrons. The molecule has 27 heavy (non-hydrogen) atoms. The molecule has 2 unspecified atom stereocenters. The number of pyridine rings is 1. The third kappa shape index (κ3) is 5.06. The van der Waals surface area contributed by atoms with E-state index in [4.69, 9.17) is 0 Å². The molecule has 8 nitrogen and oxygen atoms in total. The van der Waals surface area contributed by atoms with Gasteiger partial charge in [0.25, 0.3) is 0 Å². The van der Waals surface area contributed by atoms with E-state index in [9.17, 15) is 9.59 Å². The van der Waals surface area contributed by atoms with Crippen molar-refractivity contribution in [3.8, 4) is 11.4 Å². The molecule has 0 spiro atoms. The summed E-state index contributed by atoms with van der Waals surface area (Å²) in [6, 6.07) is 3.44. The third-order valence-electron chi connectivity index (χ3n) is 4.77. The zero-order valence-corrected chi connectivity index (χ0v) is 16.3. The number of nitrogens with zero attached hydrogens (tertiary/aromatic N) is 4. The highest BCUT2D eigenvalue weighted by molar-refractivity contribution is 7.99. The molecular formula is C18H24N6O2S. The second-order valence-corrected chi connectivity index (χ2v) is 7.73. The van der Waals surface area contributed by atoms with Gasteiger partial charge in [-0.3, -0.25) is 15.1 Å². The molecule has 2 atom stereocenters. The molecule has 2 N–H and O–H groups in total. The van der Waals surface area contributed by atoms with E-state index >= 15 is 0 Å². The maximum absolute atomic E-state index is 12.1. The summed E-state index contributed by atoms with van der Waals surface area (Å²) >= 11 is 1.24. The van der Waals surface area contributed by atoms with Crippen molar-refractivity contribution < 1.29 is 9.59 Å². The molecular weight excluding hydrogens is 364 g/mol. The predicted molar refractivity (Wildman–Crippen MR) is 103 cm³/mol. The fourth-order valence-electron chi connectivity index (χ4n) is 3.21. The molecule has 3 rings (SSSR count). The van der Waals surface area contributed by atoms with Crippen LogP contribution in [0.5, 0.6) is 0 Å². The molecule has 1 aliphatic rings. The van der Waals surface area contributed by atoms with Crippen LogP contribution in [-0.2, 0) is 11.8 Å². The van der Waals surface area contributed by atoms with E-state index in [-0.39, 0.29) is 17.7 Å². The van der Waals surface area contributed by atoms with Gasteiger partial charge in [0.2, 0.25) is 5.91 Å². The molecule has 2 aromatic heterocycles. The number of rotatable bonds is 5. The first-order valence-corrected chi connectivity index (χ1v) is 10.1. The largest absolute Gasteiger partial charge is 0.335 e. The zero-order chi connectivity index (χ0) is 19.2. The van der Waals surface area contributed by atoms with E-state index in [1.165, 1.54) is 18.2 Å². The van der Waals surface area contributed by atoms with E-state index in [2.05, 4.69) is 32.7 Å². The maximum atomic E-state index is 12.1. The zero-order valence-electron chi connectivity index (χ0n) is 15.5. The van der Waals surface area contributed by atoms with Crippen LogP contribution in [0.3, 0.4) is 0 Å². The number of amides is 3. The Labute approximate surface area is 162 Å². The molecule has 0 aromatic carbocycles. The summed E-state index contributed by atoms with van der Waals surface area (Å²) in [7, 11) is 1.83. The minimum atomic E-state index is -0.423. The molecule has 2 aromatic rings. The van der Waals surface area contributed by atoms with Crippen LogP contribution in [0.25, 0.3) is 11.4 Å². The van der Waals surface area contributed by atoms with Crippen molar-refractivity contribution in [2.75, 3.05) is 5.75 Å². The van der Waals surface area contributed by atoms with Crippen LogP contribution in [0.4, 0.5) is 4.79 Å². The van der Waals surface area contributed by atoms with Crippen LogP contribution in [-0.4, -0.2) is 43.5 Å². The third-order valence-corrected chi connectivity index (χ3v) is 5.79. The van der Waals surface area contributed by atoms with Crippen molar-refractivity contribution in [2.45, 2.75) is 43.8 Å². The molecule has 2 heterocycles. The Bertz CT molecular complexity index is 794. The van der Waals surface area contributed by atoms with Gasteiger partial charge in [-0.25, -0.2) is 4.79 Å². The highest BCUT2D eigenvalue weighted by Gasteiger charge is 2.23. The lowest BCUT2D eigenvalue weighted by Crippen LogP contribution is -2.48. The molecule has 0 aliphatic heterocycles. The Kier molecular flexibility index (Phi) is 6.44. The Balaban J connectivity index is 1.49. The number of urea groups is 1. The summed E-state index contributed by atoms with van der Waals surface area (Å²) in [5.41, 5.74) is 0.852. The number of carbonyl (C=O) groups excluding carboxylic acids is 2. The van der Waals surface area contributed by atoms with Gasteiger partial charge in [-0.15, -0.1) is 10.2 Å². The van der Waals surface area contributed by atoms with Crippen molar-refractivity contribution in [3.05, 3.63) is 24.5 Å². The fraction of sp³-hybridized carbons (Fsp3) is 0.500. The second-order valence-electron chi connectivity index (χ2n) is 6.79. The number of carbonyl (C=O) groups is 2. The second kappa shape index (κ2) is 8.98. The summed E-state index contributed by atoms with van der Waals surface area (Å²) in [5, 5.41) is 14.2. The Morgan fingerprint density at radius 3 is 2.85 bits per heavy atom. The first-order valence-electron chi connectivity index (χ1n) is 9.07. The van der Waals surface area contributed by atoms with Gasteiger partial charge >= 0.3 is 6.03 Å². The summed E-state index contributed by atoms with van der Waals surface area (Å²) in [6.07, 6.45) is 7.80. The van der Waals surface area contributed by atoms with Gasteiger partial charge in [0.1, 0.15) is 0 Å². The van der Waals surface area contributed by atoms with Crippen LogP contribution < -0.4 is 10.6 Å². The van der Waals surface area contributed by atoms with Gasteiger partial charge < -0.3 is 9.88 Å². The monoisotopic (exact) mass is 388 g/mol.